The average Bonchev–Trinajstić information content (AvgIpc) is 2.23. The van der Waals surface area contributed by atoms with Gasteiger partial charge in [0.1, 0.15) is 13.2 Å². The lowest BCUT2D eigenvalue weighted by Gasteiger charge is -2.20. The fraction of sp³-hybridized carbons (Fsp3) is 0.727. The minimum Gasteiger partial charge on any atom is -0.462 e. The molecule has 0 aliphatic heterocycles. The van der Waals surface area contributed by atoms with Gasteiger partial charge in [-0.05, 0) is 20.3 Å². The van der Waals surface area contributed by atoms with Gasteiger partial charge < -0.3 is 9.47 Å². The second-order valence-corrected chi connectivity index (χ2v) is 4.07. The summed E-state index contributed by atoms with van der Waals surface area (Å²) in [6.07, 6.45) is 0.666. The molecule has 16 heavy (non-hydrogen) atoms. The summed E-state index contributed by atoms with van der Waals surface area (Å²) in [5.41, 5.74) is -0.537. The van der Waals surface area contributed by atoms with Crippen molar-refractivity contribution in [3.63, 3.8) is 0 Å². The number of ketones is 1. The van der Waals surface area contributed by atoms with Crippen LogP contribution < -0.4 is 0 Å². The maximum Gasteiger partial charge on any atom is 0.374 e. The molecule has 0 N–H and O–H groups in total. The quantitative estimate of drug-likeness (QED) is 0.388. The van der Waals surface area contributed by atoms with E-state index in [-0.39, 0.29) is 19.2 Å². The molecule has 0 rings (SSSR count). The zero-order valence-corrected chi connectivity index (χ0v) is 10.2. The molecule has 0 bridgehead atoms. The molecule has 0 radical (unpaired) electrons. The highest BCUT2D eigenvalue weighted by Gasteiger charge is 2.26. The van der Waals surface area contributed by atoms with Crippen LogP contribution in [0.2, 0.25) is 0 Å². The van der Waals surface area contributed by atoms with Gasteiger partial charge in [-0.25, -0.2) is 4.79 Å². The SMILES string of the molecule is CCC(C)(C)C(=O)OCCOC(=O)C(C)=O. The van der Waals surface area contributed by atoms with Crippen LogP contribution in [0.25, 0.3) is 0 Å². The van der Waals surface area contributed by atoms with Crippen LogP contribution in [0.5, 0.6) is 0 Å². The van der Waals surface area contributed by atoms with E-state index in [1.54, 1.807) is 13.8 Å². The summed E-state index contributed by atoms with van der Waals surface area (Å²) in [5.74, 6) is -1.92. The van der Waals surface area contributed by atoms with Crippen molar-refractivity contribution in [2.75, 3.05) is 13.2 Å². The van der Waals surface area contributed by atoms with Crippen molar-refractivity contribution in [1.82, 2.24) is 0 Å². The average molecular weight is 230 g/mol. The van der Waals surface area contributed by atoms with Gasteiger partial charge in [0.25, 0.3) is 0 Å². The fourth-order valence-corrected chi connectivity index (χ4v) is 0.710. The summed E-state index contributed by atoms with van der Waals surface area (Å²) in [4.78, 5) is 32.7. The number of Topliss-reactive ketones (excluding diaryl/α,β-unsaturated/α-hetero) is 1. The molecule has 0 aliphatic carbocycles. The molecule has 0 spiro atoms. The Morgan fingerprint density at radius 3 is 2.00 bits per heavy atom. The van der Waals surface area contributed by atoms with E-state index < -0.39 is 17.2 Å². The van der Waals surface area contributed by atoms with E-state index in [0.717, 1.165) is 6.92 Å². The van der Waals surface area contributed by atoms with Gasteiger partial charge in [0.05, 0.1) is 5.41 Å². The Morgan fingerprint density at radius 1 is 1.06 bits per heavy atom. The zero-order chi connectivity index (χ0) is 12.8. The lowest BCUT2D eigenvalue weighted by atomic mass is 9.91. The molecule has 0 aromatic heterocycles. The summed E-state index contributed by atoms with van der Waals surface area (Å²) in [7, 11) is 0. The molecule has 92 valence electrons. The topological polar surface area (TPSA) is 69.7 Å². The van der Waals surface area contributed by atoms with Crippen LogP contribution in [-0.2, 0) is 23.9 Å². The van der Waals surface area contributed by atoms with E-state index in [0.29, 0.717) is 6.42 Å². The third-order valence-electron chi connectivity index (χ3n) is 2.27. The van der Waals surface area contributed by atoms with Crippen LogP contribution in [0.3, 0.4) is 0 Å². The molecule has 5 nitrogen and oxygen atoms in total. The predicted octanol–water partition coefficient (Wildman–Crippen LogP) is 1.10. The predicted molar refractivity (Wildman–Crippen MR) is 56.7 cm³/mol. The summed E-state index contributed by atoms with van der Waals surface area (Å²) in [5, 5.41) is 0. The maximum atomic E-state index is 11.4. The molecule has 0 aromatic rings. The highest BCUT2D eigenvalue weighted by Crippen LogP contribution is 2.21. The highest BCUT2D eigenvalue weighted by molar-refractivity contribution is 6.32. The van der Waals surface area contributed by atoms with E-state index in [1.165, 1.54) is 0 Å². The Labute approximate surface area is 95.1 Å². The van der Waals surface area contributed by atoms with Gasteiger partial charge in [0.2, 0.25) is 5.78 Å². The maximum absolute atomic E-state index is 11.4. The Hall–Kier alpha value is -1.39. The first-order chi connectivity index (χ1) is 7.31. The molecule has 0 aromatic carbocycles. The first-order valence-corrected chi connectivity index (χ1v) is 5.16. The van der Waals surface area contributed by atoms with Gasteiger partial charge in [-0.1, -0.05) is 6.92 Å². The van der Waals surface area contributed by atoms with Crippen molar-refractivity contribution in [3.8, 4) is 0 Å². The molecule has 0 fully saturated rings. The third kappa shape index (κ3) is 4.91. The molecular weight excluding hydrogens is 212 g/mol. The van der Waals surface area contributed by atoms with Gasteiger partial charge in [-0.2, -0.15) is 0 Å². The molecule has 0 atom stereocenters. The largest absolute Gasteiger partial charge is 0.462 e. The van der Waals surface area contributed by atoms with Gasteiger partial charge in [0.15, 0.2) is 0 Å². The monoisotopic (exact) mass is 230 g/mol. The molecule has 0 unspecified atom stereocenters. The molecule has 5 heteroatoms. The molecule has 0 saturated carbocycles. The highest BCUT2D eigenvalue weighted by atomic mass is 16.6. The first-order valence-electron chi connectivity index (χ1n) is 5.16. The summed E-state index contributed by atoms with van der Waals surface area (Å²) in [6.45, 7) is 6.44. The number of carbonyl (C=O) groups excluding carboxylic acids is 3. The van der Waals surface area contributed by atoms with Crippen LogP contribution >= 0.6 is 0 Å². The van der Waals surface area contributed by atoms with Gasteiger partial charge in [0, 0.05) is 6.92 Å². The van der Waals surface area contributed by atoms with Gasteiger partial charge >= 0.3 is 11.9 Å². The van der Waals surface area contributed by atoms with Crippen LogP contribution in [0.1, 0.15) is 34.1 Å². The fourth-order valence-electron chi connectivity index (χ4n) is 0.710. The number of rotatable bonds is 6. The number of hydrogen-bond acceptors (Lipinski definition) is 5. The second-order valence-electron chi connectivity index (χ2n) is 4.07. The van der Waals surface area contributed by atoms with Crippen LogP contribution in [0.4, 0.5) is 0 Å². The first kappa shape index (κ1) is 14.6. The Balaban J connectivity index is 3.80. The molecule has 0 saturated heterocycles. The number of ether oxygens (including phenoxy) is 2. The van der Waals surface area contributed by atoms with Crippen LogP contribution in [0.15, 0.2) is 0 Å². The summed E-state index contributed by atoms with van der Waals surface area (Å²) in [6, 6.07) is 0. The molecule has 0 heterocycles. The minimum absolute atomic E-state index is 0.0265. The summed E-state index contributed by atoms with van der Waals surface area (Å²) >= 11 is 0. The van der Waals surface area contributed by atoms with E-state index in [9.17, 15) is 14.4 Å². The van der Waals surface area contributed by atoms with Crippen LogP contribution in [-0.4, -0.2) is 30.9 Å². The summed E-state index contributed by atoms with van der Waals surface area (Å²) < 4.78 is 9.43. The molecule has 0 aliphatic rings. The van der Waals surface area contributed by atoms with Crippen molar-refractivity contribution in [1.29, 1.82) is 0 Å². The Kier molecular flexibility index (Phi) is 5.71. The number of hydrogen-bond donors (Lipinski definition) is 0. The van der Waals surface area contributed by atoms with Crippen molar-refractivity contribution in [2.24, 2.45) is 5.41 Å². The zero-order valence-electron chi connectivity index (χ0n) is 10.2. The number of carbonyl (C=O) groups is 3. The Morgan fingerprint density at radius 2 is 1.56 bits per heavy atom. The smallest absolute Gasteiger partial charge is 0.374 e. The molecule has 0 amide bonds. The minimum atomic E-state index is -0.911. The van der Waals surface area contributed by atoms with E-state index in [2.05, 4.69) is 4.74 Å². The normalized spacial score (nSPS) is 10.8. The third-order valence-corrected chi connectivity index (χ3v) is 2.27. The molecular formula is C11H18O5. The van der Waals surface area contributed by atoms with E-state index >= 15 is 0 Å². The van der Waals surface area contributed by atoms with Gasteiger partial charge in [-0.15, -0.1) is 0 Å². The van der Waals surface area contributed by atoms with Crippen molar-refractivity contribution in [3.05, 3.63) is 0 Å². The van der Waals surface area contributed by atoms with Crippen LogP contribution in [0, 0.1) is 5.41 Å². The Bertz CT molecular complexity index is 280. The standard InChI is InChI=1S/C11H18O5/c1-5-11(3,4)10(14)16-7-6-15-9(13)8(2)12/h5-7H2,1-4H3. The van der Waals surface area contributed by atoms with Crippen molar-refractivity contribution < 1.29 is 23.9 Å². The van der Waals surface area contributed by atoms with Crippen molar-refractivity contribution in [2.45, 2.75) is 34.1 Å². The van der Waals surface area contributed by atoms with E-state index in [1.807, 2.05) is 6.92 Å². The lowest BCUT2D eigenvalue weighted by molar-refractivity contribution is -0.160. The van der Waals surface area contributed by atoms with Gasteiger partial charge in [-0.3, -0.25) is 9.59 Å². The second kappa shape index (κ2) is 6.25. The number of esters is 2. The van der Waals surface area contributed by atoms with Crippen molar-refractivity contribution >= 4 is 17.7 Å². The lowest BCUT2D eigenvalue weighted by Crippen LogP contribution is -2.27. The van der Waals surface area contributed by atoms with E-state index in [4.69, 9.17) is 4.74 Å².